The van der Waals surface area contributed by atoms with Crippen LogP contribution in [0.3, 0.4) is 0 Å². The topological polar surface area (TPSA) is 76.2 Å². The zero-order valence-electron chi connectivity index (χ0n) is 9.50. The summed E-state index contributed by atoms with van der Waals surface area (Å²) in [5.74, 6) is 6.80. The van der Waals surface area contributed by atoms with Crippen molar-refractivity contribution in [3.05, 3.63) is 42.2 Å². The minimum absolute atomic E-state index is 0.556. The third kappa shape index (κ3) is 1.96. The van der Waals surface area contributed by atoms with Gasteiger partial charge in [-0.05, 0) is 5.56 Å². The Morgan fingerprint density at radius 3 is 2.78 bits per heavy atom. The highest BCUT2D eigenvalue weighted by Crippen LogP contribution is 2.37. The number of nitrogen functional groups attached to an aromatic ring is 1. The number of thioether (sulfide) groups is 1. The first kappa shape index (κ1) is 11.2. The van der Waals surface area contributed by atoms with Gasteiger partial charge in [0.25, 0.3) is 0 Å². The van der Waals surface area contributed by atoms with E-state index >= 15 is 0 Å². The molecule has 0 radical (unpaired) electrons. The Bertz CT molecular complexity index is 597. The monoisotopic (exact) mass is 257 g/mol. The van der Waals surface area contributed by atoms with Gasteiger partial charge in [0.05, 0.1) is 5.71 Å². The zero-order chi connectivity index (χ0) is 12.4. The zero-order valence-corrected chi connectivity index (χ0v) is 10.3. The lowest BCUT2D eigenvalue weighted by Crippen LogP contribution is -2.13. The number of nitrogens with one attached hydrogen (secondary N) is 1. The molecular formula is C12H11N5S. The van der Waals surface area contributed by atoms with Gasteiger partial charge in [0.2, 0.25) is 0 Å². The summed E-state index contributed by atoms with van der Waals surface area (Å²) in [7, 11) is 0. The molecule has 0 unspecified atom stereocenters. The van der Waals surface area contributed by atoms with E-state index in [2.05, 4.69) is 20.4 Å². The van der Waals surface area contributed by atoms with Crippen LogP contribution in [-0.2, 0) is 0 Å². The number of fused-ring (bicyclic) bond motifs is 1. The van der Waals surface area contributed by atoms with Crippen molar-refractivity contribution < 1.29 is 0 Å². The van der Waals surface area contributed by atoms with Gasteiger partial charge in [-0.15, -0.1) is 0 Å². The van der Waals surface area contributed by atoms with E-state index in [-0.39, 0.29) is 0 Å². The van der Waals surface area contributed by atoms with Crippen LogP contribution in [0.2, 0.25) is 0 Å². The van der Waals surface area contributed by atoms with Crippen molar-refractivity contribution in [1.29, 1.82) is 0 Å². The first-order chi connectivity index (χ1) is 8.88. The van der Waals surface area contributed by atoms with Gasteiger partial charge in [0.1, 0.15) is 17.0 Å². The molecule has 2 heterocycles. The fourth-order valence-electron chi connectivity index (χ4n) is 1.76. The number of nitrogens with two attached hydrogens (primary N) is 1. The van der Waals surface area contributed by atoms with E-state index in [1.165, 1.54) is 6.33 Å². The molecule has 0 fully saturated rings. The van der Waals surface area contributed by atoms with Crippen LogP contribution in [0.1, 0.15) is 5.56 Å². The smallest absolute Gasteiger partial charge is 0.170 e. The van der Waals surface area contributed by atoms with Crippen LogP contribution in [0.25, 0.3) is 0 Å². The summed E-state index contributed by atoms with van der Waals surface area (Å²) in [6.45, 7) is 0. The van der Waals surface area contributed by atoms with Gasteiger partial charge < -0.3 is 5.43 Å². The Hall–Kier alpha value is -1.92. The van der Waals surface area contributed by atoms with Crippen LogP contribution in [0.5, 0.6) is 0 Å². The fourth-order valence-corrected chi connectivity index (χ4v) is 2.66. The molecule has 3 rings (SSSR count). The summed E-state index contributed by atoms with van der Waals surface area (Å²) in [6, 6.07) is 10.1. The molecule has 0 bridgehead atoms. The predicted octanol–water partition coefficient (Wildman–Crippen LogP) is 1.99. The van der Waals surface area contributed by atoms with Gasteiger partial charge >= 0.3 is 0 Å². The number of nitrogens with zero attached hydrogens (tertiary/aromatic N) is 3. The Kier molecular flexibility index (Phi) is 2.95. The van der Waals surface area contributed by atoms with Crippen LogP contribution in [-0.4, -0.2) is 21.4 Å². The third-order valence-electron chi connectivity index (χ3n) is 2.62. The fraction of sp³-hybridized carbons (Fsp3) is 0.0833. The molecule has 0 spiro atoms. The van der Waals surface area contributed by atoms with Crippen LogP contribution in [0.15, 0.2) is 46.7 Å². The molecule has 0 saturated carbocycles. The Morgan fingerprint density at radius 2 is 2.00 bits per heavy atom. The van der Waals surface area contributed by atoms with Crippen molar-refractivity contribution in [3.63, 3.8) is 0 Å². The number of aliphatic imine (C=N–C) groups is 1. The molecular weight excluding hydrogens is 246 g/mol. The number of hydrogen-bond acceptors (Lipinski definition) is 6. The van der Waals surface area contributed by atoms with Gasteiger partial charge in [-0.1, -0.05) is 42.1 Å². The summed E-state index contributed by atoms with van der Waals surface area (Å²) in [6.07, 6.45) is 1.49. The van der Waals surface area contributed by atoms with E-state index in [0.29, 0.717) is 5.82 Å². The van der Waals surface area contributed by atoms with Gasteiger partial charge in [-0.3, -0.25) is 0 Å². The van der Waals surface area contributed by atoms with E-state index < -0.39 is 0 Å². The molecule has 2 aromatic rings. The molecule has 5 nitrogen and oxygen atoms in total. The summed E-state index contributed by atoms with van der Waals surface area (Å²) in [5, 5.41) is 0.859. The number of benzene rings is 1. The van der Waals surface area contributed by atoms with Crippen molar-refractivity contribution in [2.45, 2.75) is 5.03 Å². The van der Waals surface area contributed by atoms with Gasteiger partial charge in [0.15, 0.2) is 5.82 Å². The van der Waals surface area contributed by atoms with Gasteiger partial charge in [-0.2, -0.15) is 0 Å². The maximum atomic E-state index is 5.44. The largest absolute Gasteiger partial charge is 0.307 e. The maximum Gasteiger partial charge on any atom is 0.170 e. The Labute approximate surface area is 109 Å². The van der Waals surface area contributed by atoms with Crippen molar-refractivity contribution in [1.82, 2.24) is 9.97 Å². The number of aromatic nitrogens is 2. The number of hydrazine groups is 1. The number of anilines is 1. The summed E-state index contributed by atoms with van der Waals surface area (Å²) >= 11 is 1.64. The Balaban J connectivity index is 2.08. The van der Waals surface area contributed by atoms with E-state index in [1.54, 1.807) is 11.8 Å². The van der Waals surface area contributed by atoms with Gasteiger partial charge in [-0.25, -0.2) is 20.8 Å². The average molecular weight is 257 g/mol. The first-order valence-corrected chi connectivity index (χ1v) is 6.44. The van der Waals surface area contributed by atoms with Crippen LogP contribution in [0, 0.1) is 0 Å². The lowest BCUT2D eigenvalue weighted by molar-refractivity contribution is 1.03. The molecule has 1 aliphatic rings. The van der Waals surface area contributed by atoms with Crippen LogP contribution < -0.4 is 11.3 Å². The molecule has 3 N–H and O–H groups in total. The minimum Gasteiger partial charge on any atom is -0.307 e. The standard InChI is InChI=1S/C12H11N5S/c13-17-11-10-12(15-7-14-11)18-6-9(16-10)8-4-2-1-3-5-8/h1-5,7H,6,13H2,(H,14,15,17). The summed E-state index contributed by atoms with van der Waals surface area (Å²) < 4.78 is 0. The molecule has 1 aromatic heterocycles. The van der Waals surface area contributed by atoms with E-state index in [4.69, 9.17) is 5.84 Å². The highest BCUT2D eigenvalue weighted by molar-refractivity contribution is 8.00. The van der Waals surface area contributed by atoms with Crippen LogP contribution >= 0.6 is 11.8 Å². The molecule has 0 amide bonds. The highest BCUT2D eigenvalue weighted by Gasteiger charge is 2.18. The average Bonchev–Trinajstić information content (AvgIpc) is 2.47. The van der Waals surface area contributed by atoms with Crippen molar-refractivity contribution in [2.24, 2.45) is 10.8 Å². The second-order valence-electron chi connectivity index (χ2n) is 3.73. The van der Waals surface area contributed by atoms with Crippen LogP contribution in [0.4, 0.5) is 11.5 Å². The minimum atomic E-state index is 0.556. The molecule has 1 aliphatic heterocycles. The molecule has 0 saturated heterocycles. The summed E-state index contributed by atoms with van der Waals surface area (Å²) in [4.78, 5) is 12.9. The highest BCUT2D eigenvalue weighted by atomic mass is 32.2. The molecule has 0 atom stereocenters. The second kappa shape index (κ2) is 4.75. The predicted molar refractivity (Wildman–Crippen MR) is 73.2 cm³/mol. The third-order valence-corrected chi connectivity index (χ3v) is 3.61. The normalized spacial score (nSPS) is 13.7. The summed E-state index contributed by atoms with van der Waals surface area (Å²) in [5.41, 5.74) is 5.40. The van der Waals surface area contributed by atoms with E-state index in [0.717, 1.165) is 27.7 Å². The second-order valence-corrected chi connectivity index (χ2v) is 4.70. The van der Waals surface area contributed by atoms with E-state index in [9.17, 15) is 0 Å². The van der Waals surface area contributed by atoms with E-state index in [1.807, 2.05) is 30.3 Å². The number of hydrogen-bond donors (Lipinski definition) is 2. The Morgan fingerprint density at radius 1 is 1.17 bits per heavy atom. The first-order valence-electron chi connectivity index (χ1n) is 5.46. The molecule has 1 aromatic carbocycles. The maximum absolute atomic E-state index is 5.44. The molecule has 6 heteroatoms. The lowest BCUT2D eigenvalue weighted by atomic mass is 10.1. The number of rotatable bonds is 2. The van der Waals surface area contributed by atoms with Crippen molar-refractivity contribution in [3.8, 4) is 0 Å². The molecule has 18 heavy (non-hydrogen) atoms. The molecule has 0 aliphatic carbocycles. The lowest BCUT2D eigenvalue weighted by Gasteiger charge is -2.15. The van der Waals surface area contributed by atoms with Gasteiger partial charge in [0, 0.05) is 5.75 Å². The van der Waals surface area contributed by atoms with Crippen molar-refractivity contribution in [2.75, 3.05) is 11.2 Å². The SMILES string of the molecule is NNc1ncnc2c1N=C(c1ccccc1)CS2. The van der Waals surface area contributed by atoms with Crippen molar-refractivity contribution >= 4 is 29.0 Å². The quantitative estimate of drug-likeness (QED) is 0.489. The molecule has 90 valence electrons.